The monoisotopic (exact) mass is 291 g/mol. The zero-order chi connectivity index (χ0) is 14.7. The molecule has 1 unspecified atom stereocenters. The normalized spacial score (nSPS) is 11.8. The quantitative estimate of drug-likeness (QED) is 0.807. The average molecular weight is 291 g/mol. The Hall–Kier alpha value is -2.34. The van der Waals surface area contributed by atoms with Crippen LogP contribution >= 0.6 is 11.3 Å². The Morgan fingerprint density at radius 3 is 2.60 bits per heavy atom. The van der Waals surface area contributed by atoms with Crippen molar-refractivity contribution >= 4 is 23.2 Å². The van der Waals surface area contributed by atoms with E-state index in [2.05, 4.69) is 5.32 Å². The highest BCUT2D eigenvalue weighted by atomic mass is 32.1. The van der Waals surface area contributed by atoms with E-state index in [9.17, 15) is 19.8 Å². The maximum absolute atomic E-state index is 12.0. The molecule has 0 radical (unpaired) electrons. The predicted octanol–water partition coefficient (Wildman–Crippen LogP) is 2.32. The van der Waals surface area contributed by atoms with Crippen molar-refractivity contribution in [3.8, 4) is 5.75 Å². The van der Waals surface area contributed by atoms with E-state index in [4.69, 9.17) is 0 Å². The lowest BCUT2D eigenvalue weighted by atomic mass is 10.1. The average Bonchev–Trinajstić information content (AvgIpc) is 2.92. The molecule has 0 spiro atoms. The van der Waals surface area contributed by atoms with E-state index in [1.54, 1.807) is 30.5 Å². The molecule has 2 rings (SSSR count). The van der Waals surface area contributed by atoms with Gasteiger partial charge >= 0.3 is 5.97 Å². The fourth-order valence-corrected chi connectivity index (χ4v) is 2.44. The van der Waals surface area contributed by atoms with Crippen LogP contribution < -0.4 is 5.32 Å². The number of phenolic OH excluding ortho intramolecular Hbond substituents is 1. The fourth-order valence-electron chi connectivity index (χ4n) is 1.68. The highest BCUT2D eigenvalue weighted by Gasteiger charge is 2.23. The summed E-state index contributed by atoms with van der Waals surface area (Å²) in [5.74, 6) is -1.67. The number of nitrogens with one attached hydrogen (secondary N) is 1. The molecule has 1 aromatic carbocycles. The third-order valence-corrected chi connectivity index (χ3v) is 3.76. The van der Waals surface area contributed by atoms with Crippen LogP contribution in [0.1, 0.15) is 26.8 Å². The van der Waals surface area contributed by atoms with Crippen molar-refractivity contribution in [1.82, 2.24) is 5.32 Å². The Balaban J connectivity index is 2.20. The van der Waals surface area contributed by atoms with E-state index in [0.29, 0.717) is 10.4 Å². The molecule has 6 heteroatoms. The van der Waals surface area contributed by atoms with Crippen LogP contribution in [0.3, 0.4) is 0 Å². The van der Waals surface area contributed by atoms with Crippen molar-refractivity contribution in [2.24, 2.45) is 0 Å². The Kier molecular flexibility index (Phi) is 4.05. The number of carboxylic acid groups (broad SMARTS) is 1. The van der Waals surface area contributed by atoms with Crippen molar-refractivity contribution in [2.45, 2.75) is 13.0 Å². The summed E-state index contributed by atoms with van der Waals surface area (Å²) in [5, 5.41) is 23.0. The van der Waals surface area contributed by atoms with E-state index in [1.807, 2.05) is 0 Å². The molecule has 0 saturated heterocycles. The van der Waals surface area contributed by atoms with Crippen LogP contribution in [0, 0.1) is 6.92 Å². The highest BCUT2D eigenvalue weighted by Crippen LogP contribution is 2.21. The number of carbonyl (C=O) groups excluding carboxylic acids is 1. The third-order valence-electron chi connectivity index (χ3n) is 2.82. The minimum Gasteiger partial charge on any atom is -0.508 e. The Bertz CT molecular complexity index is 637. The van der Waals surface area contributed by atoms with Gasteiger partial charge in [-0.2, -0.15) is 0 Å². The summed E-state index contributed by atoms with van der Waals surface area (Å²) in [4.78, 5) is 23.8. The molecule has 1 atom stereocenters. The minimum atomic E-state index is -1.13. The molecule has 0 fully saturated rings. The first-order valence-corrected chi connectivity index (χ1v) is 6.73. The van der Waals surface area contributed by atoms with E-state index in [0.717, 1.165) is 0 Å². The lowest BCUT2D eigenvalue weighted by Crippen LogP contribution is -2.33. The highest BCUT2D eigenvalue weighted by molar-refractivity contribution is 7.10. The van der Waals surface area contributed by atoms with Crippen molar-refractivity contribution < 1.29 is 19.8 Å². The molecule has 0 aliphatic heterocycles. The molecule has 2 aromatic rings. The summed E-state index contributed by atoms with van der Waals surface area (Å²) in [6, 6.07) is 6.74. The van der Waals surface area contributed by atoms with Crippen LogP contribution in [0.2, 0.25) is 0 Å². The molecule has 1 heterocycles. The predicted molar refractivity (Wildman–Crippen MR) is 75.0 cm³/mol. The van der Waals surface area contributed by atoms with Crippen LogP contribution in [-0.2, 0) is 4.79 Å². The molecule has 1 amide bonds. The first-order valence-electron chi connectivity index (χ1n) is 5.85. The summed E-state index contributed by atoms with van der Waals surface area (Å²) < 4.78 is 0. The fraction of sp³-hybridized carbons (Fsp3) is 0.143. The van der Waals surface area contributed by atoms with E-state index in [1.165, 1.54) is 23.5 Å². The number of aliphatic carboxylic acids is 1. The Morgan fingerprint density at radius 2 is 2.05 bits per heavy atom. The maximum atomic E-state index is 12.0. The van der Waals surface area contributed by atoms with Gasteiger partial charge in [-0.3, -0.25) is 4.79 Å². The molecule has 3 N–H and O–H groups in total. The van der Waals surface area contributed by atoms with Gasteiger partial charge in [0, 0.05) is 10.4 Å². The van der Waals surface area contributed by atoms with Gasteiger partial charge in [0.15, 0.2) is 6.04 Å². The molecule has 20 heavy (non-hydrogen) atoms. The molecule has 1 aromatic heterocycles. The lowest BCUT2D eigenvalue weighted by molar-refractivity contribution is -0.139. The summed E-state index contributed by atoms with van der Waals surface area (Å²) in [6.45, 7) is 1.71. The van der Waals surface area contributed by atoms with Gasteiger partial charge < -0.3 is 15.5 Å². The maximum Gasteiger partial charge on any atom is 0.331 e. The number of carboxylic acids is 1. The molecule has 0 aliphatic carbocycles. The van der Waals surface area contributed by atoms with Gasteiger partial charge in [0.05, 0.1) is 0 Å². The summed E-state index contributed by atoms with van der Waals surface area (Å²) in [7, 11) is 0. The number of amides is 1. The summed E-state index contributed by atoms with van der Waals surface area (Å²) >= 11 is 1.26. The molecule has 104 valence electrons. The van der Waals surface area contributed by atoms with E-state index >= 15 is 0 Å². The molecule has 5 nitrogen and oxygen atoms in total. The van der Waals surface area contributed by atoms with Crippen LogP contribution in [0.4, 0.5) is 0 Å². The minimum absolute atomic E-state index is 0.000601. The standard InChI is InChI=1S/C14H13NO4S/c1-8-4-5-9(7-10(8)16)13(17)15-12(14(18)19)11-3-2-6-20-11/h2-7,12,16H,1H3,(H,15,17)(H,18,19). The Morgan fingerprint density at radius 1 is 1.30 bits per heavy atom. The number of aryl methyl sites for hydroxylation is 1. The number of hydrogen-bond donors (Lipinski definition) is 3. The zero-order valence-corrected chi connectivity index (χ0v) is 11.5. The van der Waals surface area contributed by atoms with Gasteiger partial charge in [0.2, 0.25) is 0 Å². The second kappa shape index (κ2) is 5.75. The largest absolute Gasteiger partial charge is 0.508 e. The van der Waals surface area contributed by atoms with Crippen LogP contribution in [0.25, 0.3) is 0 Å². The van der Waals surface area contributed by atoms with Gasteiger partial charge in [-0.05, 0) is 36.1 Å². The SMILES string of the molecule is Cc1ccc(C(=O)NC(C(=O)O)c2cccs2)cc1O. The topological polar surface area (TPSA) is 86.6 Å². The second-order valence-electron chi connectivity index (χ2n) is 4.26. The van der Waals surface area contributed by atoms with Crippen LogP contribution in [-0.4, -0.2) is 22.1 Å². The Labute approximate surface area is 119 Å². The summed E-state index contributed by atoms with van der Waals surface area (Å²) in [5.41, 5.74) is 0.866. The number of aromatic hydroxyl groups is 1. The molecule has 0 aliphatic rings. The number of rotatable bonds is 4. The number of phenols is 1. The van der Waals surface area contributed by atoms with Gasteiger partial charge in [-0.1, -0.05) is 12.1 Å². The lowest BCUT2D eigenvalue weighted by Gasteiger charge is -2.13. The van der Waals surface area contributed by atoms with Gasteiger partial charge in [0.1, 0.15) is 5.75 Å². The summed E-state index contributed by atoms with van der Waals surface area (Å²) in [6.07, 6.45) is 0. The molecule has 0 bridgehead atoms. The van der Waals surface area contributed by atoms with Gasteiger partial charge in [0.25, 0.3) is 5.91 Å². The first kappa shape index (κ1) is 14.1. The smallest absolute Gasteiger partial charge is 0.331 e. The molecular weight excluding hydrogens is 278 g/mol. The van der Waals surface area contributed by atoms with Crippen molar-refractivity contribution in [3.05, 3.63) is 51.7 Å². The van der Waals surface area contributed by atoms with Crippen LogP contribution in [0.5, 0.6) is 5.75 Å². The number of carbonyl (C=O) groups is 2. The third kappa shape index (κ3) is 2.97. The van der Waals surface area contributed by atoms with Gasteiger partial charge in [-0.25, -0.2) is 4.79 Å². The first-order chi connectivity index (χ1) is 9.49. The van der Waals surface area contributed by atoms with Gasteiger partial charge in [-0.15, -0.1) is 11.3 Å². The van der Waals surface area contributed by atoms with Crippen molar-refractivity contribution in [3.63, 3.8) is 0 Å². The number of thiophene rings is 1. The molecular formula is C14H13NO4S. The number of benzene rings is 1. The second-order valence-corrected chi connectivity index (χ2v) is 5.24. The zero-order valence-electron chi connectivity index (χ0n) is 10.7. The van der Waals surface area contributed by atoms with Crippen LogP contribution in [0.15, 0.2) is 35.7 Å². The van der Waals surface area contributed by atoms with E-state index < -0.39 is 17.9 Å². The van der Waals surface area contributed by atoms with Crippen molar-refractivity contribution in [1.29, 1.82) is 0 Å². The van der Waals surface area contributed by atoms with E-state index in [-0.39, 0.29) is 11.3 Å². The number of hydrogen-bond acceptors (Lipinski definition) is 4. The molecule has 0 saturated carbocycles. The van der Waals surface area contributed by atoms with Crippen molar-refractivity contribution in [2.75, 3.05) is 0 Å².